The molecular weight excluding hydrogens is 460 g/mol. The predicted molar refractivity (Wildman–Crippen MR) is 147 cm³/mol. The van der Waals surface area contributed by atoms with Crippen LogP contribution in [0.1, 0.15) is 21.5 Å². The third kappa shape index (κ3) is 6.80. The first kappa shape index (κ1) is 25.1. The predicted octanol–water partition coefficient (Wildman–Crippen LogP) is 3.75. The molecule has 0 radical (unpaired) electrons. The molecular formula is C31H34N4O2. The lowest BCUT2D eigenvalue weighted by Crippen LogP contribution is -2.53. The monoisotopic (exact) mass is 494 g/mol. The molecule has 1 aliphatic heterocycles. The van der Waals surface area contributed by atoms with E-state index in [1.54, 1.807) is 6.20 Å². The maximum Gasteiger partial charge on any atom is 0.253 e. The van der Waals surface area contributed by atoms with Crippen LogP contribution in [-0.2, 0) is 13.0 Å². The number of amides is 1. The van der Waals surface area contributed by atoms with Gasteiger partial charge in [-0.15, -0.1) is 0 Å². The lowest BCUT2D eigenvalue weighted by atomic mass is 10.00. The summed E-state index contributed by atoms with van der Waals surface area (Å²) < 4.78 is 0. The molecule has 0 bridgehead atoms. The number of nitrogens with one attached hydrogen (secondary N) is 1. The Hall–Kier alpha value is -3.58. The minimum Gasteiger partial charge on any atom is -0.390 e. The van der Waals surface area contributed by atoms with Gasteiger partial charge in [0.2, 0.25) is 0 Å². The van der Waals surface area contributed by atoms with Gasteiger partial charge in [-0.1, -0.05) is 78.9 Å². The maximum atomic E-state index is 13.2. The van der Waals surface area contributed by atoms with Crippen LogP contribution in [0.3, 0.4) is 0 Å². The van der Waals surface area contributed by atoms with E-state index in [9.17, 15) is 9.90 Å². The molecule has 2 atom stereocenters. The van der Waals surface area contributed by atoms with Crippen LogP contribution in [0.15, 0.2) is 97.2 Å². The number of fused-ring (bicyclic) bond motifs is 1. The van der Waals surface area contributed by atoms with Crippen LogP contribution in [0.4, 0.5) is 0 Å². The van der Waals surface area contributed by atoms with E-state index in [-0.39, 0.29) is 5.91 Å². The van der Waals surface area contributed by atoms with E-state index in [1.807, 2.05) is 66.7 Å². The molecule has 6 heteroatoms. The highest BCUT2D eigenvalue weighted by atomic mass is 16.3. The molecule has 1 amide bonds. The number of β-amino-alcohol motifs (C(OH)–C–C–N with tert-alkyl or cyclic N) is 1. The third-order valence-electron chi connectivity index (χ3n) is 7.09. The average molecular weight is 495 g/mol. The van der Waals surface area contributed by atoms with E-state index in [1.165, 1.54) is 5.56 Å². The van der Waals surface area contributed by atoms with E-state index >= 15 is 0 Å². The summed E-state index contributed by atoms with van der Waals surface area (Å²) in [5.74, 6) is -0.217. The van der Waals surface area contributed by atoms with Crippen LogP contribution in [0, 0.1) is 0 Å². The van der Waals surface area contributed by atoms with Crippen LogP contribution in [0.5, 0.6) is 0 Å². The Morgan fingerprint density at radius 1 is 0.838 bits per heavy atom. The Morgan fingerprint density at radius 3 is 2.19 bits per heavy atom. The van der Waals surface area contributed by atoms with Crippen LogP contribution in [-0.4, -0.2) is 70.7 Å². The second kappa shape index (κ2) is 12.1. The van der Waals surface area contributed by atoms with Gasteiger partial charge in [-0.3, -0.25) is 19.6 Å². The second-order valence-corrected chi connectivity index (χ2v) is 9.82. The number of carbonyl (C=O) groups excluding carboxylic acids is 1. The number of nitrogens with zero attached hydrogens (tertiary/aromatic N) is 3. The van der Waals surface area contributed by atoms with Gasteiger partial charge in [0.1, 0.15) is 0 Å². The van der Waals surface area contributed by atoms with Crippen molar-refractivity contribution >= 4 is 16.8 Å². The number of hydrogen-bond donors (Lipinski definition) is 2. The van der Waals surface area contributed by atoms with Crippen molar-refractivity contribution in [2.24, 2.45) is 0 Å². The highest BCUT2D eigenvalue weighted by Crippen LogP contribution is 2.15. The van der Waals surface area contributed by atoms with Crippen LogP contribution in [0.2, 0.25) is 0 Å². The topological polar surface area (TPSA) is 68.7 Å². The number of aliphatic hydroxyl groups is 1. The van der Waals surface area contributed by atoms with Gasteiger partial charge in [0, 0.05) is 50.9 Å². The summed E-state index contributed by atoms with van der Waals surface area (Å²) in [6, 6.07) is 29.7. The molecule has 2 N–H and O–H groups in total. The van der Waals surface area contributed by atoms with Crippen LogP contribution >= 0.6 is 0 Å². The Balaban J connectivity index is 1.22. The second-order valence-electron chi connectivity index (χ2n) is 9.82. The van der Waals surface area contributed by atoms with E-state index in [2.05, 4.69) is 44.4 Å². The molecule has 2 heterocycles. The summed E-state index contributed by atoms with van der Waals surface area (Å²) in [7, 11) is 0. The third-order valence-corrected chi connectivity index (χ3v) is 7.09. The Labute approximate surface area is 218 Å². The van der Waals surface area contributed by atoms with E-state index < -0.39 is 12.1 Å². The number of aliphatic hydroxyl groups excluding tert-OH is 1. The highest BCUT2D eigenvalue weighted by molar-refractivity contribution is 5.97. The molecule has 1 saturated heterocycles. The molecule has 0 spiro atoms. The number of rotatable bonds is 9. The number of piperazine rings is 1. The first-order chi connectivity index (χ1) is 18.1. The van der Waals surface area contributed by atoms with Crippen molar-refractivity contribution in [2.45, 2.75) is 25.1 Å². The number of hydrogen-bond acceptors (Lipinski definition) is 5. The van der Waals surface area contributed by atoms with Gasteiger partial charge in [0.25, 0.3) is 5.91 Å². The van der Waals surface area contributed by atoms with Crippen molar-refractivity contribution in [3.05, 3.63) is 114 Å². The van der Waals surface area contributed by atoms with E-state index in [4.69, 9.17) is 0 Å². The van der Waals surface area contributed by atoms with Gasteiger partial charge in [-0.2, -0.15) is 0 Å². The van der Waals surface area contributed by atoms with Crippen molar-refractivity contribution in [1.29, 1.82) is 0 Å². The van der Waals surface area contributed by atoms with Gasteiger partial charge in [0.15, 0.2) is 0 Å². The summed E-state index contributed by atoms with van der Waals surface area (Å²) in [5, 5.41) is 15.3. The molecule has 0 aliphatic carbocycles. The minimum atomic E-state index is -0.696. The lowest BCUT2D eigenvalue weighted by Gasteiger charge is -2.37. The zero-order chi connectivity index (χ0) is 25.5. The van der Waals surface area contributed by atoms with Crippen molar-refractivity contribution in [3.8, 4) is 0 Å². The first-order valence-electron chi connectivity index (χ1n) is 13.0. The lowest BCUT2D eigenvalue weighted by molar-refractivity contribution is 0.0478. The number of pyridine rings is 1. The summed E-state index contributed by atoms with van der Waals surface area (Å²) in [6.45, 7) is 5.17. The number of benzene rings is 3. The Bertz CT molecular complexity index is 1290. The fourth-order valence-corrected chi connectivity index (χ4v) is 4.96. The SMILES string of the molecule is O=C(N[C@@H](Cc1ccccc1)[C@@H](O)CN1CCN(Cc2ccccc2)CC1)c1cnc2ccccc2c1. The molecule has 6 nitrogen and oxygen atoms in total. The van der Waals surface area contributed by atoms with Gasteiger partial charge in [-0.25, -0.2) is 0 Å². The normalized spacial score (nSPS) is 16.4. The molecule has 190 valence electrons. The molecule has 1 aromatic heterocycles. The van der Waals surface area contributed by atoms with Crippen LogP contribution in [0.25, 0.3) is 10.9 Å². The van der Waals surface area contributed by atoms with Gasteiger partial charge >= 0.3 is 0 Å². The van der Waals surface area contributed by atoms with Crippen molar-refractivity contribution < 1.29 is 9.90 Å². The largest absolute Gasteiger partial charge is 0.390 e. The molecule has 0 unspecified atom stereocenters. The Morgan fingerprint density at radius 2 is 1.46 bits per heavy atom. The minimum absolute atomic E-state index is 0.217. The van der Waals surface area contributed by atoms with E-state index in [0.29, 0.717) is 18.5 Å². The van der Waals surface area contributed by atoms with Crippen molar-refractivity contribution in [2.75, 3.05) is 32.7 Å². The highest BCUT2D eigenvalue weighted by Gasteiger charge is 2.26. The number of carbonyl (C=O) groups is 1. The summed E-state index contributed by atoms with van der Waals surface area (Å²) in [6.07, 6.45) is 1.47. The van der Waals surface area contributed by atoms with Crippen LogP contribution < -0.4 is 5.32 Å². The average Bonchev–Trinajstić information content (AvgIpc) is 2.94. The zero-order valence-corrected chi connectivity index (χ0v) is 21.0. The van der Waals surface area contributed by atoms with Gasteiger partial charge in [0.05, 0.1) is 23.2 Å². The Kier molecular flexibility index (Phi) is 8.21. The quantitative estimate of drug-likeness (QED) is 0.371. The first-order valence-corrected chi connectivity index (χ1v) is 13.0. The number of aromatic nitrogens is 1. The zero-order valence-electron chi connectivity index (χ0n) is 21.0. The summed E-state index contributed by atoms with van der Waals surface area (Å²) in [5.41, 5.74) is 3.76. The summed E-state index contributed by atoms with van der Waals surface area (Å²) >= 11 is 0. The fourth-order valence-electron chi connectivity index (χ4n) is 4.96. The maximum absolute atomic E-state index is 13.2. The molecule has 0 saturated carbocycles. The van der Waals surface area contributed by atoms with E-state index in [0.717, 1.165) is 49.2 Å². The molecule has 3 aromatic carbocycles. The smallest absolute Gasteiger partial charge is 0.253 e. The molecule has 1 aliphatic rings. The number of para-hydroxylation sites is 1. The van der Waals surface area contributed by atoms with Crippen molar-refractivity contribution in [3.63, 3.8) is 0 Å². The van der Waals surface area contributed by atoms with Gasteiger partial charge < -0.3 is 10.4 Å². The molecule has 4 aromatic rings. The van der Waals surface area contributed by atoms with Gasteiger partial charge in [-0.05, 0) is 29.7 Å². The summed E-state index contributed by atoms with van der Waals surface area (Å²) in [4.78, 5) is 22.4. The molecule has 5 rings (SSSR count). The molecule has 1 fully saturated rings. The fraction of sp³-hybridized carbons (Fsp3) is 0.290. The van der Waals surface area contributed by atoms with Crippen molar-refractivity contribution in [1.82, 2.24) is 20.1 Å². The molecule has 37 heavy (non-hydrogen) atoms. The standard InChI is InChI=1S/C31H34N4O2/c36-30(23-35-17-15-34(16-18-35)22-25-11-5-2-6-12-25)29(19-24-9-3-1-4-10-24)33-31(37)27-20-26-13-7-8-14-28(26)32-21-27/h1-14,20-21,29-30,36H,15-19,22-23H2,(H,33,37)/t29-,30-/m0/s1.